The molecule has 3 rings (SSSR count). The fraction of sp³-hybridized carbons (Fsp3) is 0.375. The largest absolute Gasteiger partial charge is 0.310 e. The number of amides is 1. The van der Waals surface area contributed by atoms with Gasteiger partial charge in [0.15, 0.2) is 0 Å². The molecule has 0 bridgehead atoms. The van der Waals surface area contributed by atoms with Gasteiger partial charge in [-0.3, -0.25) is 9.48 Å². The third-order valence-corrected chi connectivity index (χ3v) is 4.57. The Kier molecular flexibility index (Phi) is 3.61. The Morgan fingerprint density at radius 1 is 1.38 bits per heavy atom. The molecule has 1 fully saturated rings. The topological polar surface area (TPSA) is 46.9 Å². The molecule has 0 unspecified atom stereocenters. The van der Waals surface area contributed by atoms with Crippen molar-refractivity contribution in [3.8, 4) is 11.1 Å². The minimum atomic E-state index is 0.101. The number of nitrogens with zero attached hydrogens (tertiary/aromatic N) is 2. The first-order chi connectivity index (χ1) is 9.97. The van der Waals surface area contributed by atoms with E-state index in [9.17, 15) is 4.79 Å². The summed E-state index contributed by atoms with van der Waals surface area (Å²) in [7, 11) is 1.86. The maximum Gasteiger partial charge on any atom is 0.228 e. The summed E-state index contributed by atoms with van der Waals surface area (Å²) in [6.45, 7) is 4.07. The zero-order valence-corrected chi connectivity index (χ0v) is 13.9. The first kappa shape index (κ1) is 14.3. The van der Waals surface area contributed by atoms with Gasteiger partial charge in [0.05, 0.1) is 5.69 Å². The number of aromatic nitrogens is 2. The number of nitrogens with one attached hydrogen (secondary N) is 1. The fourth-order valence-electron chi connectivity index (χ4n) is 2.66. The highest BCUT2D eigenvalue weighted by Crippen LogP contribution is 2.39. The highest BCUT2D eigenvalue weighted by molar-refractivity contribution is 9.10. The Hall–Kier alpha value is -1.62. The van der Waals surface area contributed by atoms with Crippen molar-refractivity contribution in [3.63, 3.8) is 0 Å². The van der Waals surface area contributed by atoms with Crippen molar-refractivity contribution >= 4 is 27.7 Å². The van der Waals surface area contributed by atoms with Crippen LogP contribution in [-0.2, 0) is 11.8 Å². The van der Waals surface area contributed by atoms with Crippen molar-refractivity contribution in [2.75, 3.05) is 5.32 Å². The predicted octanol–water partition coefficient (Wildman–Crippen LogP) is 3.75. The Morgan fingerprint density at radius 2 is 2.00 bits per heavy atom. The van der Waals surface area contributed by atoms with Gasteiger partial charge in [0.25, 0.3) is 0 Å². The van der Waals surface area contributed by atoms with Gasteiger partial charge in [0.2, 0.25) is 5.91 Å². The minimum absolute atomic E-state index is 0.101. The van der Waals surface area contributed by atoms with E-state index in [-0.39, 0.29) is 11.8 Å². The van der Waals surface area contributed by atoms with Crippen LogP contribution in [0.15, 0.2) is 28.7 Å². The molecule has 1 aliphatic rings. The average molecular weight is 348 g/mol. The smallest absolute Gasteiger partial charge is 0.228 e. The van der Waals surface area contributed by atoms with E-state index >= 15 is 0 Å². The van der Waals surface area contributed by atoms with Gasteiger partial charge < -0.3 is 5.32 Å². The lowest BCUT2D eigenvalue weighted by Gasteiger charge is -2.09. The molecule has 1 N–H and O–H groups in total. The molecule has 1 saturated carbocycles. The maximum atomic E-state index is 12.2. The summed E-state index contributed by atoms with van der Waals surface area (Å²) in [6, 6.07) is 8.06. The average Bonchev–Trinajstić information content (AvgIpc) is 3.10. The van der Waals surface area contributed by atoms with E-state index in [1.807, 2.05) is 38.2 Å². The first-order valence-corrected chi connectivity index (χ1v) is 7.87. The molecule has 21 heavy (non-hydrogen) atoms. The van der Waals surface area contributed by atoms with Crippen LogP contribution in [0.2, 0.25) is 0 Å². The summed E-state index contributed by atoms with van der Waals surface area (Å²) in [5, 5.41) is 7.51. The highest BCUT2D eigenvalue weighted by Gasteiger charge is 2.39. The summed E-state index contributed by atoms with van der Waals surface area (Å²) in [4.78, 5) is 12.2. The van der Waals surface area contributed by atoms with Gasteiger partial charge in [-0.1, -0.05) is 35.0 Å². The van der Waals surface area contributed by atoms with Crippen LogP contribution in [0.3, 0.4) is 0 Å². The van der Waals surface area contributed by atoms with Crippen molar-refractivity contribution in [3.05, 3.63) is 34.4 Å². The summed E-state index contributed by atoms with van der Waals surface area (Å²) < 4.78 is 2.78. The van der Waals surface area contributed by atoms with Crippen molar-refractivity contribution in [1.82, 2.24) is 9.78 Å². The standard InChI is InChI=1S/C16H18BrN3O/c1-9-8-13(9)16(21)18-15-14(10(2)19-20(15)3)11-4-6-12(17)7-5-11/h4-7,9,13H,8H2,1-3H3,(H,18,21)/t9-,13-/m1/s1. The third kappa shape index (κ3) is 2.75. The number of carbonyl (C=O) groups excluding carboxylic acids is 1. The Labute approximate surface area is 132 Å². The minimum Gasteiger partial charge on any atom is -0.310 e. The molecule has 0 radical (unpaired) electrons. The van der Waals surface area contributed by atoms with Crippen LogP contribution < -0.4 is 5.32 Å². The van der Waals surface area contributed by atoms with Crippen molar-refractivity contribution in [1.29, 1.82) is 0 Å². The Morgan fingerprint density at radius 3 is 2.57 bits per heavy atom. The first-order valence-electron chi connectivity index (χ1n) is 7.07. The second kappa shape index (κ2) is 5.30. The second-order valence-corrected chi connectivity index (χ2v) is 6.66. The second-order valence-electron chi connectivity index (χ2n) is 5.75. The number of hydrogen-bond donors (Lipinski definition) is 1. The number of anilines is 1. The molecule has 0 aliphatic heterocycles. The lowest BCUT2D eigenvalue weighted by Crippen LogP contribution is -2.17. The van der Waals surface area contributed by atoms with Crippen LogP contribution in [0.4, 0.5) is 5.82 Å². The number of rotatable bonds is 3. The molecule has 2 atom stereocenters. The SMILES string of the molecule is Cc1nn(C)c(NC(=O)[C@@H]2C[C@H]2C)c1-c1ccc(Br)cc1. The highest BCUT2D eigenvalue weighted by atomic mass is 79.9. The van der Waals surface area contributed by atoms with Crippen LogP contribution in [-0.4, -0.2) is 15.7 Å². The van der Waals surface area contributed by atoms with Crippen LogP contribution >= 0.6 is 15.9 Å². The number of carbonyl (C=O) groups is 1. The Balaban J connectivity index is 1.96. The van der Waals surface area contributed by atoms with Crippen molar-refractivity contribution in [2.24, 2.45) is 18.9 Å². The fourth-order valence-corrected chi connectivity index (χ4v) is 2.92. The summed E-state index contributed by atoms with van der Waals surface area (Å²) in [5.74, 6) is 1.52. The molecule has 2 aromatic rings. The van der Waals surface area contributed by atoms with Gasteiger partial charge in [-0.2, -0.15) is 5.10 Å². The molecule has 1 aromatic heterocycles. The predicted molar refractivity (Wildman–Crippen MR) is 87.0 cm³/mol. The van der Waals surface area contributed by atoms with E-state index in [4.69, 9.17) is 0 Å². The van der Waals surface area contributed by atoms with Crippen molar-refractivity contribution < 1.29 is 4.79 Å². The molecule has 0 saturated heterocycles. The molecule has 1 aliphatic carbocycles. The molecule has 1 aromatic carbocycles. The lowest BCUT2D eigenvalue weighted by molar-refractivity contribution is -0.117. The number of hydrogen-bond acceptors (Lipinski definition) is 2. The molecular weight excluding hydrogens is 330 g/mol. The molecule has 1 amide bonds. The van der Waals surface area contributed by atoms with Gasteiger partial charge in [0, 0.05) is 23.0 Å². The van der Waals surface area contributed by atoms with E-state index in [0.29, 0.717) is 5.92 Å². The van der Waals surface area contributed by atoms with E-state index in [2.05, 4.69) is 33.3 Å². The number of halogens is 1. The zero-order valence-electron chi connectivity index (χ0n) is 12.4. The number of aryl methyl sites for hydroxylation is 2. The summed E-state index contributed by atoms with van der Waals surface area (Å²) >= 11 is 3.44. The molecular formula is C16H18BrN3O. The third-order valence-electron chi connectivity index (χ3n) is 4.04. The molecule has 0 spiro atoms. The van der Waals surface area contributed by atoms with E-state index < -0.39 is 0 Å². The van der Waals surface area contributed by atoms with Gasteiger partial charge in [-0.15, -0.1) is 0 Å². The van der Waals surface area contributed by atoms with E-state index in [1.54, 1.807) is 4.68 Å². The van der Waals surface area contributed by atoms with E-state index in [1.165, 1.54) is 0 Å². The van der Waals surface area contributed by atoms with E-state index in [0.717, 1.165) is 33.5 Å². The summed E-state index contributed by atoms with van der Waals surface area (Å²) in [6.07, 6.45) is 0.982. The molecule has 4 nitrogen and oxygen atoms in total. The van der Waals surface area contributed by atoms with Gasteiger partial charge >= 0.3 is 0 Å². The van der Waals surface area contributed by atoms with Crippen LogP contribution in [0.25, 0.3) is 11.1 Å². The molecule has 110 valence electrons. The van der Waals surface area contributed by atoms with Gasteiger partial charge in [-0.05, 0) is 37.0 Å². The van der Waals surface area contributed by atoms with Gasteiger partial charge in [0.1, 0.15) is 5.82 Å². The summed E-state index contributed by atoms with van der Waals surface area (Å²) in [5.41, 5.74) is 2.97. The number of benzene rings is 1. The molecule has 5 heteroatoms. The molecule has 1 heterocycles. The quantitative estimate of drug-likeness (QED) is 0.918. The normalized spacial score (nSPS) is 20.4. The monoisotopic (exact) mass is 347 g/mol. The zero-order chi connectivity index (χ0) is 15.1. The van der Waals surface area contributed by atoms with Crippen LogP contribution in [0.5, 0.6) is 0 Å². The van der Waals surface area contributed by atoms with Crippen molar-refractivity contribution in [2.45, 2.75) is 20.3 Å². The van der Waals surface area contributed by atoms with Gasteiger partial charge in [-0.25, -0.2) is 0 Å². The van der Waals surface area contributed by atoms with Crippen LogP contribution in [0, 0.1) is 18.8 Å². The van der Waals surface area contributed by atoms with Crippen LogP contribution in [0.1, 0.15) is 19.0 Å². The Bertz CT molecular complexity index is 690. The lowest BCUT2D eigenvalue weighted by atomic mass is 10.1. The maximum absolute atomic E-state index is 12.2.